The molecule has 0 aliphatic heterocycles. The maximum atomic E-state index is 13.2. The molecule has 0 aromatic heterocycles. The highest BCUT2D eigenvalue weighted by Gasteiger charge is 2.31. The molecule has 0 saturated heterocycles. The van der Waals surface area contributed by atoms with Gasteiger partial charge in [-0.3, -0.25) is 4.79 Å². The second-order valence-corrected chi connectivity index (χ2v) is 5.01. The van der Waals surface area contributed by atoms with Crippen molar-refractivity contribution >= 4 is 11.5 Å². The SMILES string of the molecule is C/C(=C/C(=O)N(CCC#N)C1CC1)c1cccc(F)c1. The van der Waals surface area contributed by atoms with Crippen molar-refractivity contribution in [2.24, 2.45) is 0 Å². The van der Waals surface area contributed by atoms with Gasteiger partial charge in [-0.25, -0.2) is 4.39 Å². The summed E-state index contributed by atoms with van der Waals surface area (Å²) in [5.74, 6) is -0.407. The molecule has 0 heterocycles. The number of allylic oxidation sites excluding steroid dienone is 1. The molecular formula is C16H17FN2O. The third-order valence-electron chi connectivity index (χ3n) is 3.36. The summed E-state index contributed by atoms with van der Waals surface area (Å²) in [5, 5.41) is 8.64. The summed E-state index contributed by atoms with van der Waals surface area (Å²) in [6, 6.07) is 8.53. The smallest absolute Gasteiger partial charge is 0.247 e. The maximum Gasteiger partial charge on any atom is 0.247 e. The Morgan fingerprint density at radius 2 is 2.30 bits per heavy atom. The fraction of sp³-hybridized carbons (Fsp3) is 0.375. The van der Waals surface area contributed by atoms with Crippen LogP contribution in [0.1, 0.15) is 31.7 Å². The van der Waals surface area contributed by atoms with E-state index in [2.05, 4.69) is 6.07 Å². The zero-order valence-corrected chi connectivity index (χ0v) is 11.5. The summed E-state index contributed by atoms with van der Waals surface area (Å²) >= 11 is 0. The van der Waals surface area contributed by atoms with Crippen LogP contribution in [0, 0.1) is 17.1 Å². The molecule has 1 aromatic carbocycles. The van der Waals surface area contributed by atoms with Crippen LogP contribution < -0.4 is 0 Å². The summed E-state index contributed by atoms with van der Waals surface area (Å²) in [5.41, 5.74) is 1.44. The monoisotopic (exact) mass is 272 g/mol. The molecule has 1 aromatic rings. The standard InChI is InChI=1S/C16H17FN2O/c1-12(13-4-2-5-14(17)11-13)10-16(20)19(9-3-8-18)15-6-7-15/h2,4-5,10-11,15H,3,6-7,9H2,1H3/b12-10-. The first-order valence-corrected chi connectivity index (χ1v) is 6.73. The Morgan fingerprint density at radius 1 is 1.55 bits per heavy atom. The van der Waals surface area contributed by atoms with Crippen LogP contribution in [0.15, 0.2) is 30.3 Å². The van der Waals surface area contributed by atoms with Gasteiger partial charge in [0.25, 0.3) is 0 Å². The van der Waals surface area contributed by atoms with E-state index in [9.17, 15) is 9.18 Å². The minimum atomic E-state index is -0.314. The van der Waals surface area contributed by atoms with Crippen LogP contribution in [0.3, 0.4) is 0 Å². The Kier molecular flexibility index (Phi) is 4.52. The van der Waals surface area contributed by atoms with Crippen LogP contribution >= 0.6 is 0 Å². The highest BCUT2D eigenvalue weighted by molar-refractivity contribution is 5.95. The second kappa shape index (κ2) is 6.33. The van der Waals surface area contributed by atoms with Crippen LogP contribution in [0.25, 0.3) is 5.57 Å². The number of nitriles is 1. The molecule has 3 nitrogen and oxygen atoms in total. The van der Waals surface area contributed by atoms with Gasteiger partial charge in [0.05, 0.1) is 12.5 Å². The third kappa shape index (κ3) is 3.67. The topological polar surface area (TPSA) is 44.1 Å². The van der Waals surface area contributed by atoms with Gasteiger partial charge < -0.3 is 4.90 Å². The highest BCUT2D eigenvalue weighted by atomic mass is 19.1. The van der Waals surface area contributed by atoms with Gasteiger partial charge in [-0.15, -0.1) is 0 Å². The summed E-state index contributed by atoms with van der Waals surface area (Å²) in [4.78, 5) is 14.0. The van der Waals surface area contributed by atoms with Crippen molar-refractivity contribution in [2.75, 3.05) is 6.54 Å². The zero-order valence-electron chi connectivity index (χ0n) is 11.5. The van der Waals surface area contributed by atoms with Gasteiger partial charge in [-0.05, 0) is 43.0 Å². The maximum absolute atomic E-state index is 13.2. The Morgan fingerprint density at radius 3 is 2.90 bits per heavy atom. The molecule has 0 radical (unpaired) electrons. The van der Waals surface area contributed by atoms with Crippen molar-refractivity contribution in [1.29, 1.82) is 5.26 Å². The minimum absolute atomic E-state index is 0.0930. The number of benzene rings is 1. The number of amides is 1. The van der Waals surface area contributed by atoms with E-state index in [0.717, 1.165) is 18.4 Å². The molecule has 0 N–H and O–H groups in total. The molecule has 1 amide bonds. The lowest BCUT2D eigenvalue weighted by Gasteiger charge is -2.19. The molecule has 0 spiro atoms. The van der Waals surface area contributed by atoms with Crippen LogP contribution in [0.4, 0.5) is 4.39 Å². The average molecular weight is 272 g/mol. The minimum Gasteiger partial charge on any atom is -0.335 e. The largest absolute Gasteiger partial charge is 0.335 e. The molecule has 0 unspecified atom stereocenters. The molecule has 20 heavy (non-hydrogen) atoms. The summed E-state index contributed by atoms with van der Waals surface area (Å²) < 4.78 is 13.2. The molecule has 0 bridgehead atoms. The Bertz CT molecular complexity index is 570. The van der Waals surface area contributed by atoms with Crippen LogP contribution in [0.5, 0.6) is 0 Å². The lowest BCUT2D eigenvalue weighted by molar-refractivity contribution is -0.126. The third-order valence-corrected chi connectivity index (χ3v) is 3.36. The van der Waals surface area contributed by atoms with Crippen LogP contribution in [0.2, 0.25) is 0 Å². The first-order valence-electron chi connectivity index (χ1n) is 6.73. The van der Waals surface area contributed by atoms with E-state index in [1.54, 1.807) is 24.0 Å². The first-order chi connectivity index (χ1) is 9.61. The molecule has 2 rings (SSSR count). The second-order valence-electron chi connectivity index (χ2n) is 5.01. The predicted molar refractivity (Wildman–Crippen MR) is 75.0 cm³/mol. The van der Waals surface area contributed by atoms with E-state index >= 15 is 0 Å². The molecular weight excluding hydrogens is 255 g/mol. The fourth-order valence-electron chi connectivity index (χ4n) is 2.11. The fourth-order valence-corrected chi connectivity index (χ4v) is 2.11. The van der Waals surface area contributed by atoms with E-state index in [4.69, 9.17) is 5.26 Å². The van der Waals surface area contributed by atoms with Crippen molar-refractivity contribution in [3.05, 3.63) is 41.7 Å². The van der Waals surface area contributed by atoms with Crippen LogP contribution in [-0.2, 0) is 4.79 Å². The average Bonchev–Trinajstić information content (AvgIpc) is 3.23. The molecule has 1 saturated carbocycles. The van der Waals surface area contributed by atoms with Crippen molar-refractivity contribution in [1.82, 2.24) is 4.90 Å². The summed E-state index contributed by atoms with van der Waals surface area (Å²) in [6.07, 6.45) is 3.88. The normalized spacial score (nSPS) is 14.8. The molecule has 1 aliphatic rings. The quantitative estimate of drug-likeness (QED) is 0.773. The van der Waals surface area contributed by atoms with Gasteiger partial charge in [0.1, 0.15) is 5.82 Å². The van der Waals surface area contributed by atoms with Crippen molar-refractivity contribution in [2.45, 2.75) is 32.2 Å². The lowest BCUT2D eigenvalue weighted by atomic mass is 10.1. The van der Waals surface area contributed by atoms with E-state index in [1.165, 1.54) is 18.2 Å². The molecule has 1 aliphatic carbocycles. The van der Waals surface area contributed by atoms with Crippen molar-refractivity contribution in [3.63, 3.8) is 0 Å². The Labute approximate surface area is 118 Å². The number of carbonyl (C=O) groups is 1. The van der Waals surface area contributed by atoms with Gasteiger partial charge >= 0.3 is 0 Å². The summed E-state index contributed by atoms with van der Waals surface area (Å²) in [7, 11) is 0. The first kappa shape index (κ1) is 14.3. The van der Waals surface area contributed by atoms with Gasteiger partial charge in [0.2, 0.25) is 5.91 Å². The summed E-state index contributed by atoms with van der Waals surface area (Å²) in [6.45, 7) is 2.26. The van der Waals surface area contributed by atoms with Gasteiger partial charge in [-0.1, -0.05) is 12.1 Å². The number of hydrogen-bond donors (Lipinski definition) is 0. The highest BCUT2D eigenvalue weighted by Crippen LogP contribution is 2.27. The lowest BCUT2D eigenvalue weighted by Crippen LogP contribution is -2.32. The number of carbonyl (C=O) groups excluding carboxylic acids is 1. The van der Waals surface area contributed by atoms with E-state index in [-0.39, 0.29) is 17.8 Å². The van der Waals surface area contributed by atoms with Crippen molar-refractivity contribution in [3.8, 4) is 6.07 Å². The number of hydrogen-bond acceptors (Lipinski definition) is 2. The Hall–Kier alpha value is -2.15. The van der Waals surface area contributed by atoms with Crippen molar-refractivity contribution < 1.29 is 9.18 Å². The number of halogens is 1. The number of nitrogens with zero attached hydrogens (tertiary/aromatic N) is 2. The van der Waals surface area contributed by atoms with E-state index in [0.29, 0.717) is 18.5 Å². The van der Waals surface area contributed by atoms with Gasteiger partial charge in [-0.2, -0.15) is 5.26 Å². The molecule has 0 atom stereocenters. The van der Waals surface area contributed by atoms with E-state index in [1.807, 2.05) is 0 Å². The van der Waals surface area contributed by atoms with E-state index < -0.39 is 0 Å². The van der Waals surface area contributed by atoms with Gasteiger partial charge in [0, 0.05) is 18.7 Å². The zero-order chi connectivity index (χ0) is 14.5. The number of rotatable bonds is 5. The molecule has 1 fully saturated rings. The predicted octanol–water partition coefficient (Wildman–Crippen LogP) is 3.13. The van der Waals surface area contributed by atoms with Gasteiger partial charge in [0.15, 0.2) is 0 Å². The Balaban J connectivity index is 2.11. The molecule has 4 heteroatoms. The van der Waals surface area contributed by atoms with Crippen LogP contribution in [-0.4, -0.2) is 23.4 Å². The molecule has 104 valence electrons.